The Hall–Kier alpha value is -1.71. The van der Waals surface area contributed by atoms with E-state index in [0.717, 1.165) is 31.8 Å². The SMILES string of the molecule is COc1ccc(CCN2CCNC2=O)cc1. The third-order valence-corrected chi connectivity index (χ3v) is 2.77. The molecule has 1 N–H and O–H groups in total. The maximum Gasteiger partial charge on any atom is 0.317 e. The first-order valence-electron chi connectivity index (χ1n) is 5.45. The molecule has 0 unspecified atom stereocenters. The van der Waals surface area contributed by atoms with Gasteiger partial charge in [-0.2, -0.15) is 0 Å². The number of carbonyl (C=O) groups excluding carboxylic acids is 1. The number of ether oxygens (including phenoxy) is 1. The van der Waals surface area contributed by atoms with Gasteiger partial charge in [0.25, 0.3) is 0 Å². The molecule has 86 valence electrons. The van der Waals surface area contributed by atoms with E-state index in [2.05, 4.69) is 5.32 Å². The van der Waals surface area contributed by atoms with Crippen LogP contribution >= 0.6 is 0 Å². The molecule has 4 nitrogen and oxygen atoms in total. The van der Waals surface area contributed by atoms with Gasteiger partial charge in [0.15, 0.2) is 0 Å². The highest BCUT2D eigenvalue weighted by atomic mass is 16.5. The highest BCUT2D eigenvalue weighted by molar-refractivity contribution is 5.76. The van der Waals surface area contributed by atoms with E-state index in [1.807, 2.05) is 29.2 Å². The van der Waals surface area contributed by atoms with Crippen molar-refractivity contribution >= 4 is 6.03 Å². The zero-order valence-electron chi connectivity index (χ0n) is 9.40. The lowest BCUT2D eigenvalue weighted by Crippen LogP contribution is -2.29. The molecule has 1 aromatic rings. The number of amides is 2. The average molecular weight is 220 g/mol. The van der Waals surface area contributed by atoms with Gasteiger partial charge in [-0.1, -0.05) is 12.1 Å². The number of rotatable bonds is 4. The van der Waals surface area contributed by atoms with Crippen molar-refractivity contribution in [1.82, 2.24) is 10.2 Å². The van der Waals surface area contributed by atoms with Gasteiger partial charge in [-0.05, 0) is 24.1 Å². The van der Waals surface area contributed by atoms with Crippen molar-refractivity contribution in [2.45, 2.75) is 6.42 Å². The van der Waals surface area contributed by atoms with Crippen molar-refractivity contribution in [2.75, 3.05) is 26.7 Å². The third kappa shape index (κ3) is 2.45. The summed E-state index contributed by atoms with van der Waals surface area (Å²) in [4.78, 5) is 13.1. The number of benzene rings is 1. The second kappa shape index (κ2) is 4.88. The fourth-order valence-corrected chi connectivity index (χ4v) is 1.78. The van der Waals surface area contributed by atoms with Crippen LogP contribution < -0.4 is 10.1 Å². The van der Waals surface area contributed by atoms with Gasteiger partial charge in [-0.25, -0.2) is 4.79 Å². The molecule has 1 fully saturated rings. The van der Waals surface area contributed by atoms with Crippen molar-refractivity contribution in [3.05, 3.63) is 29.8 Å². The second-order valence-electron chi connectivity index (χ2n) is 3.82. The van der Waals surface area contributed by atoms with Gasteiger partial charge in [0.05, 0.1) is 7.11 Å². The molecule has 2 amide bonds. The lowest BCUT2D eigenvalue weighted by atomic mass is 10.1. The third-order valence-electron chi connectivity index (χ3n) is 2.77. The second-order valence-corrected chi connectivity index (χ2v) is 3.82. The van der Waals surface area contributed by atoms with E-state index in [1.54, 1.807) is 7.11 Å². The molecule has 0 saturated carbocycles. The van der Waals surface area contributed by atoms with Crippen LogP contribution in [0.4, 0.5) is 4.79 Å². The Kier molecular flexibility index (Phi) is 3.29. The highest BCUT2D eigenvalue weighted by Gasteiger charge is 2.18. The number of nitrogens with one attached hydrogen (secondary N) is 1. The maximum absolute atomic E-state index is 11.3. The van der Waals surface area contributed by atoms with Crippen LogP contribution in [0.1, 0.15) is 5.56 Å². The van der Waals surface area contributed by atoms with Crippen molar-refractivity contribution < 1.29 is 9.53 Å². The Labute approximate surface area is 95.2 Å². The summed E-state index contributed by atoms with van der Waals surface area (Å²) in [6.45, 7) is 2.36. The quantitative estimate of drug-likeness (QED) is 0.830. The zero-order valence-corrected chi connectivity index (χ0v) is 9.40. The number of carbonyl (C=O) groups is 1. The maximum atomic E-state index is 11.3. The van der Waals surface area contributed by atoms with Crippen LogP contribution in [0, 0.1) is 0 Å². The Balaban J connectivity index is 1.86. The molecule has 0 bridgehead atoms. The standard InChI is InChI=1S/C12H16N2O2/c1-16-11-4-2-10(3-5-11)6-8-14-9-7-13-12(14)15/h2-5H,6-9H2,1H3,(H,13,15). The minimum absolute atomic E-state index is 0.0495. The molecule has 0 aliphatic carbocycles. The lowest BCUT2D eigenvalue weighted by molar-refractivity contribution is 0.218. The van der Waals surface area contributed by atoms with E-state index in [9.17, 15) is 4.79 Å². The van der Waals surface area contributed by atoms with E-state index in [0.29, 0.717) is 0 Å². The normalized spacial score (nSPS) is 15.1. The van der Waals surface area contributed by atoms with Gasteiger partial charge in [-0.15, -0.1) is 0 Å². The van der Waals surface area contributed by atoms with Gasteiger partial charge >= 0.3 is 6.03 Å². The summed E-state index contributed by atoms with van der Waals surface area (Å²) < 4.78 is 5.09. The lowest BCUT2D eigenvalue weighted by Gasteiger charge is -2.13. The molecule has 0 spiro atoms. The Morgan fingerprint density at radius 3 is 2.69 bits per heavy atom. The summed E-state index contributed by atoms with van der Waals surface area (Å²) in [6, 6.07) is 8.01. The first-order chi connectivity index (χ1) is 7.79. The van der Waals surface area contributed by atoms with Crippen molar-refractivity contribution in [1.29, 1.82) is 0 Å². The highest BCUT2D eigenvalue weighted by Crippen LogP contribution is 2.12. The summed E-state index contributed by atoms with van der Waals surface area (Å²) >= 11 is 0. The topological polar surface area (TPSA) is 41.6 Å². The van der Waals surface area contributed by atoms with Crippen molar-refractivity contribution in [3.63, 3.8) is 0 Å². The number of methoxy groups -OCH3 is 1. The molecule has 16 heavy (non-hydrogen) atoms. The number of hydrogen-bond acceptors (Lipinski definition) is 2. The van der Waals surface area contributed by atoms with Gasteiger partial charge in [0.1, 0.15) is 5.75 Å². The molecule has 0 radical (unpaired) electrons. The molecule has 1 aromatic carbocycles. The minimum atomic E-state index is 0.0495. The predicted octanol–water partition coefficient (Wildman–Crippen LogP) is 1.26. The van der Waals surface area contributed by atoms with E-state index in [1.165, 1.54) is 5.56 Å². The smallest absolute Gasteiger partial charge is 0.317 e. The molecule has 0 aromatic heterocycles. The predicted molar refractivity (Wildman–Crippen MR) is 61.7 cm³/mol. The van der Waals surface area contributed by atoms with Crippen LogP contribution in [-0.4, -0.2) is 37.7 Å². The van der Waals surface area contributed by atoms with Crippen LogP contribution in [-0.2, 0) is 6.42 Å². The molecule has 1 aliphatic heterocycles. The molecular weight excluding hydrogens is 204 g/mol. The van der Waals surface area contributed by atoms with E-state index in [4.69, 9.17) is 4.74 Å². The monoisotopic (exact) mass is 220 g/mol. The molecular formula is C12H16N2O2. The summed E-state index contributed by atoms with van der Waals surface area (Å²) in [7, 11) is 1.66. The van der Waals surface area contributed by atoms with Crippen LogP contribution in [0.5, 0.6) is 5.75 Å². The molecule has 1 heterocycles. The number of nitrogens with zero attached hydrogens (tertiary/aromatic N) is 1. The van der Waals surface area contributed by atoms with Crippen molar-refractivity contribution in [3.8, 4) is 5.75 Å². The Bertz CT molecular complexity index is 362. The molecule has 2 rings (SSSR count). The van der Waals surface area contributed by atoms with Crippen LogP contribution in [0.3, 0.4) is 0 Å². The van der Waals surface area contributed by atoms with Crippen molar-refractivity contribution in [2.24, 2.45) is 0 Å². The molecule has 1 aliphatic rings. The number of urea groups is 1. The van der Waals surface area contributed by atoms with Gasteiger partial charge in [-0.3, -0.25) is 0 Å². The minimum Gasteiger partial charge on any atom is -0.497 e. The van der Waals surface area contributed by atoms with Crippen LogP contribution in [0.2, 0.25) is 0 Å². The van der Waals surface area contributed by atoms with E-state index < -0.39 is 0 Å². The average Bonchev–Trinajstić information content (AvgIpc) is 2.73. The summed E-state index contributed by atoms with van der Waals surface area (Å²) in [5.41, 5.74) is 1.22. The van der Waals surface area contributed by atoms with Crippen LogP contribution in [0.15, 0.2) is 24.3 Å². The summed E-state index contributed by atoms with van der Waals surface area (Å²) in [5, 5.41) is 2.79. The fraction of sp³-hybridized carbons (Fsp3) is 0.417. The van der Waals surface area contributed by atoms with E-state index >= 15 is 0 Å². The largest absolute Gasteiger partial charge is 0.497 e. The van der Waals surface area contributed by atoms with Crippen LogP contribution in [0.25, 0.3) is 0 Å². The van der Waals surface area contributed by atoms with Gasteiger partial charge < -0.3 is 15.0 Å². The first-order valence-corrected chi connectivity index (χ1v) is 5.45. The number of hydrogen-bond donors (Lipinski definition) is 1. The summed E-state index contributed by atoms with van der Waals surface area (Å²) in [5.74, 6) is 0.864. The van der Waals surface area contributed by atoms with Gasteiger partial charge in [0, 0.05) is 19.6 Å². The zero-order chi connectivity index (χ0) is 11.4. The van der Waals surface area contributed by atoms with E-state index in [-0.39, 0.29) is 6.03 Å². The Morgan fingerprint density at radius 2 is 2.12 bits per heavy atom. The molecule has 1 saturated heterocycles. The van der Waals surface area contributed by atoms with Gasteiger partial charge in [0.2, 0.25) is 0 Å². The fourth-order valence-electron chi connectivity index (χ4n) is 1.78. The summed E-state index contributed by atoms with van der Waals surface area (Å²) in [6.07, 6.45) is 0.886. The molecule has 4 heteroatoms. The molecule has 0 atom stereocenters. The Morgan fingerprint density at radius 1 is 1.38 bits per heavy atom. The first kappa shape index (κ1) is 10.8.